The van der Waals surface area contributed by atoms with Crippen LogP contribution in [0, 0.1) is 5.92 Å². The fourth-order valence-electron chi connectivity index (χ4n) is 5.81. The van der Waals surface area contributed by atoms with E-state index in [0.717, 1.165) is 4.90 Å². The van der Waals surface area contributed by atoms with Crippen LogP contribution in [0.25, 0.3) is 0 Å². The van der Waals surface area contributed by atoms with Crippen LogP contribution in [0.3, 0.4) is 0 Å². The second-order valence-corrected chi connectivity index (χ2v) is 11.7. The lowest BCUT2D eigenvalue weighted by molar-refractivity contribution is -0.143. The van der Waals surface area contributed by atoms with Crippen LogP contribution in [0.4, 0.5) is 26.3 Å². The van der Waals surface area contributed by atoms with E-state index < -0.39 is 46.9 Å². The minimum absolute atomic E-state index is 0.0275. The number of carbonyl (C=O) groups excluding carboxylic acids is 3. The van der Waals surface area contributed by atoms with E-state index in [9.17, 15) is 40.7 Å². The Morgan fingerprint density at radius 3 is 1.88 bits per heavy atom. The van der Waals surface area contributed by atoms with Crippen molar-refractivity contribution in [1.82, 2.24) is 14.7 Å². The number of halogens is 8. The van der Waals surface area contributed by atoms with Crippen molar-refractivity contribution in [1.29, 1.82) is 0 Å². The molecule has 0 aliphatic carbocycles. The lowest BCUT2D eigenvalue weighted by Crippen LogP contribution is -2.53. The Morgan fingerprint density at radius 1 is 0.814 bits per heavy atom. The molecular formula is C29H29Cl2F6N3O3. The molecule has 2 aliphatic rings. The van der Waals surface area contributed by atoms with Crippen molar-refractivity contribution in [2.75, 3.05) is 33.2 Å². The van der Waals surface area contributed by atoms with Crippen LogP contribution in [0.5, 0.6) is 0 Å². The predicted molar refractivity (Wildman–Crippen MR) is 148 cm³/mol. The molecule has 14 heteroatoms. The maximum Gasteiger partial charge on any atom is 0.416 e. The highest BCUT2D eigenvalue weighted by Gasteiger charge is 2.41. The summed E-state index contributed by atoms with van der Waals surface area (Å²) >= 11 is 12.4. The highest BCUT2D eigenvalue weighted by atomic mass is 35.5. The number of nitrogens with zero attached hydrogens (tertiary/aromatic N) is 3. The summed E-state index contributed by atoms with van der Waals surface area (Å²) < 4.78 is 80.8. The third-order valence-electron chi connectivity index (χ3n) is 8.20. The van der Waals surface area contributed by atoms with Gasteiger partial charge in [0.25, 0.3) is 5.91 Å². The SMILES string of the molecule is CC(=O)N1CCC(C(=O)N2CC[C@@H](N(C)C(=O)c3cc(C(F)(F)F)cc(C(F)(F)F)c3)[C@@H](c3ccc(Cl)c(Cl)c3)C2)CC1. The van der Waals surface area contributed by atoms with E-state index in [0.29, 0.717) is 43.6 Å². The van der Waals surface area contributed by atoms with Crippen LogP contribution in [0.1, 0.15) is 59.2 Å². The van der Waals surface area contributed by atoms with Gasteiger partial charge in [-0.05, 0) is 55.2 Å². The smallest absolute Gasteiger partial charge is 0.343 e. The molecular weight excluding hydrogens is 623 g/mol. The lowest BCUT2D eigenvalue weighted by Gasteiger charge is -2.44. The first-order valence-corrected chi connectivity index (χ1v) is 14.3. The molecule has 43 heavy (non-hydrogen) atoms. The number of likely N-dealkylation sites (tertiary alicyclic amines) is 2. The van der Waals surface area contributed by atoms with Crippen molar-refractivity contribution in [3.8, 4) is 0 Å². The van der Waals surface area contributed by atoms with Crippen molar-refractivity contribution >= 4 is 40.9 Å². The van der Waals surface area contributed by atoms with Crippen molar-refractivity contribution in [3.05, 3.63) is 68.7 Å². The Hall–Kier alpha value is -2.99. The first kappa shape index (κ1) is 32.9. The molecule has 234 valence electrons. The van der Waals surface area contributed by atoms with Gasteiger partial charge in [0.1, 0.15) is 0 Å². The van der Waals surface area contributed by atoms with E-state index in [1.165, 1.54) is 14.0 Å². The molecule has 2 atom stereocenters. The molecule has 0 saturated carbocycles. The summed E-state index contributed by atoms with van der Waals surface area (Å²) in [5.41, 5.74) is -3.33. The fraction of sp³-hybridized carbons (Fsp3) is 0.483. The molecule has 2 heterocycles. The predicted octanol–water partition coefficient (Wildman–Crippen LogP) is 6.75. The van der Waals surface area contributed by atoms with Crippen molar-refractivity contribution in [2.24, 2.45) is 5.92 Å². The molecule has 2 aromatic carbocycles. The number of rotatable bonds is 4. The molecule has 2 aliphatic heterocycles. The minimum atomic E-state index is -5.11. The maximum atomic E-state index is 13.5. The first-order valence-electron chi connectivity index (χ1n) is 13.5. The molecule has 4 rings (SSSR count). The van der Waals surface area contributed by atoms with Gasteiger partial charge in [-0.2, -0.15) is 26.3 Å². The standard InChI is InChI=1S/C29H29Cl2F6N3O3/c1-16(41)39-8-5-17(6-9-39)27(43)40-10-7-25(22(15-40)18-3-4-23(30)24(31)13-18)38(2)26(42)19-11-20(28(32,33)34)14-21(12-19)29(35,36)37/h3-4,11-14,17,22,25H,5-10,15H2,1-2H3/t22-,25-/m1/s1. The summed E-state index contributed by atoms with van der Waals surface area (Å²) in [5.74, 6) is -2.10. The molecule has 2 saturated heterocycles. The van der Waals surface area contributed by atoms with Gasteiger partial charge in [0, 0.05) is 63.6 Å². The Bertz CT molecular complexity index is 1360. The first-order chi connectivity index (χ1) is 20.0. The summed E-state index contributed by atoms with van der Waals surface area (Å²) in [4.78, 5) is 43.1. The van der Waals surface area contributed by atoms with E-state index in [1.54, 1.807) is 28.0 Å². The summed E-state index contributed by atoms with van der Waals surface area (Å²) in [6.45, 7) is 2.71. The van der Waals surface area contributed by atoms with E-state index in [2.05, 4.69) is 0 Å². The average molecular weight is 652 g/mol. The number of benzene rings is 2. The van der Waals surface area contributed by atoms with Crippen LogP contribution < -0.4 is 0 Å². The molecule has 0 aromatic heterocycles. The molecule has 0 unspecified atom stereocenters. The van der Waals surface area contributed by atoms with E-state index >= 15 is 0 Å². The zero-order valence-electron chi connectivity index (χ0n) is 23.2. The Labute approximate surface area is 254 Å². The Kier molecular flexibility index (Phi) is 9.61. The molecule has 0 N–H and O–H groups in total. The van der Waals surface area contributed by atoms with E-state index in [4.69, 9.17) is 23.2 Å². The number of carbonyl (C=O) groups is 3. The number of likely N-dealkylation sites (N-methyl/N-ethyl adjacent to an activating group) is 1. The third-order valence-corrected chi connectivity index (χ3v) is 8.94. The van der Waals surface area contributed by atoms with Crippen LogP contribution in [-0.4, -0.2) is 71.7 Å². The summed E-state index contributed by atoms with van der Waals surface area (Å²) in [5, 5.41) is 0.468. The van der Waals surface area contributed by atoms with Crippen molar-refractivity contribution in [3.63, 3.8) is 0 Å². The van der Waals surface area contributed by atoms with Crippen LogP contribution >= 0.6 is 23.2 Å². The normalized spacial score (nSPS) is 20.2. The summed E-state index contributed by atoms with van der Waals surface area (Å²) in [7, 11) is 1.32. The number of hydrogen-bond acceptors (Lipinski definition) is 3. The number of amides is 3. The fourth-order valence-corrected chi connectivity index (χ4v) is 6.11. The van der Waals surface area contributed by atoms with Gasteiger partial charge in [-0.15, -0.1) is 0 Å². The van der Waals surface area contributed by atoms with Crippen LogP contribution in [0.15, 0.2) is 36.4 Å². The van der Waals surface area contributed by atoms with E-state index in [1.807, 2.05) is 0 Å². The highest BCUT2D eigenvalue weighted by Crippen LogP contribution is 2.39. The third kappa shape index (κ3) is 7.39. The van der Waals surface area contributed by atoms with Gasteiger partial charge in [-0.1, -0.05) is 29.3 Å². The number of hydrogen-bond donors (Lipinski definition) is 0. The Balaban J connectivity index is 1.63. The molecule has 0 spiro atoms. The second-order valence-electron chi connectivity index (χ2n) is 10.9. The van der Waals surface area contributed by atoms with Gasteiger partial charge >= 0.3 is 12.4 Å². The van der Waals surface area contributed by atoms with Gasteiger partial charge in [0.2, 0.25) is 11.8 Å². The molecule has 0 bridgehead atoms. The number of piperidine rings is 2. The van der Waals surface area contributed by atoms with Crippen molar-refractivity contribution in [2.45, 2.75) is 50.5 Å². The monoisotopic (exact) mass is 651 g/mol. The van der Waals surface area contributed by atoms with Gasteiger partial charge in [-0.25, -0.2) is 0 Å². The summed E-state index contributed by atoms with van der Waals surface area (Å²) in [6, 6.07) is 4.87. The van der Waals surface area contributed by atoms with Crippen molar-refractivity contribution < 1.29 is 40.7 Å². The molecule has 2 aromatic rings. The second kappa shape index (κ2) is 12.6. The average Bonchev–Trinajstić information content (AvgIpc) is 2.96. The number of alkyl halides is 6. The Morgan fingerprint density at radius 2 is 1.37 bits per heavy atom. The summed E-state index contributed by atoms with van der Waals surface area (Å²) in [6.07, 6.45) is -9.03. The quantitative estimate of drug-likeness (QED) is 0.344. The maximum absolute atomic E-state index is 13.5. The van der Waals surface area contributed by atoms with Gasteiger partial charge in [0.05, 0.1) is 21.2 Å². The molecule has 6 nitrogen and oxygen atoms in total. The van der Waals surface area contributed by atoms with Crippen LogP contribution in [0.2, 0.25) is 10.0 Å². The van der Waals surface area contributed by atoms with Gasteiger partial charge in [-0.3, -0.25) is 14.4 Å². The highest BCUT2D eigenvalue weighted by molar-refractivity contribution is 6.42. The lowest BCUT2D eigenvalue weighted by atomic mass is 9.83. The molecule has 2 fully saturated rings. The zero-order chi connectivity index (χ0) is 31.9. The minimum Gasteiger partial charge on any atom is -0.343 e. The topological polar surface area (TPSA) is 60.9 Å². The molecule has 3 amide bonds. The molecule has 0 radical (unpaired) electrons. The van der Waals surface area contributed by atoms with Gasteiger partial charge < -0.3 is 14.7 Å². The van der Waals surface area contributed by atoms with Gasteiger partial charge in [0.15, 0.2) is 0 Å². The van der Waals surface area contributed by atoms with Crippen LogP contribution in [-0.2, 0) is 21.9 Å². The largest absolute Gasteiger partial charge is 0.416 e. The van der Waals surface area contributed by atoms with E-state index in [-0.39, 0.29) is 53.4 Å². The zero-order valence-corrected chi connectivity index (χ0v) is 24.7.